The van der Waals surface area contributed by atoms with Crippen molar-refractivity contribution in [1.82, 2.24) is 4.90 Å². The molecule has 0 bridgehead atoms. The number of nitrogens with zero attached hydrogens (tertiary/aromatic N) is 1. The van der Waals surface area contributed by atoms with Crippen LogP contribution in [-0.2, 0) is 9.39 Å². The molecule has 0 aliphatic carbocycles. The summed E-state index contributed by atoms with van der Waals surface area (Å²) in [6.07, 6.45) is 1.48. The summed E-state index contributed by atoms with van der Waals surface area (Å²) in [6.45, 7) is 14.8. The van der Waals surface area contributed by atoms with E-state index in [1.807, 2.05) is 47.6 Å². The van der Waals surface area contributed by atoms with E-state index >= 15 is 0 Å². The molecular formula is C16H31BNO4. The second kappa shape index (κ2) is 7.51. The third-order valence-electron chi connectivity index (χ3n) is 3.47. The van der Waals surface area contributed by atoms with Gasteiger partial charge in [0, 0.05) is 13.6 Å². The minimum Gasteiger partial charge on any atom is -0.444 e. The van der Waals surface area contributed by atoms with Crippen molar-refractivity contribution >= 4 is 13.6 Å². The van der Waals surface area contributed by atoms with E-state index in [1.165, 1.54) is 4.90 Å². The van der Waals surface area contributed by atoms with E-state index in [9.17, 15) is 9.90 Å². The number of hydrogen-bond acceptors (Lipinski definition) is 4. The van der Waals surface area contributed by atoms with Crippen molar-refractivity contribution in [3.05, 3.63) is 11.5 Å². The van der Waals surface area contributed by atoms with Gasteiger partial charge in [-0.15, -0.1) is 0 Å². The molecule has 0 aromatic heterocycles. The molecule has 0 atom stereocenters. The molecule has 0 unspecified atom stereocenters. The highest BCUT2D eigenvalue weighted by atomic mass is 16.6. The van der Waals surface area contributed by atoms with Gasteiger partial charge in [0.2, 0.25) is 0 Å². The van der Waals surface area contributed by atoms with Crippen LogP contribution in [-0.4, -0.2) is 54.0 Å². The molecule has 1 N–H and O–H groups in total. The highest BCUT2D eigenvalue weighted by Crippen LogP contribution is 2.25. The number of allylic oxidation sites excluding steroid dienone is 1. The lowest BCUT2D eigenvalue weighted by Gasteiger charge is -2.38. The van der Waals surface area contributed by atoms with Gasteiger partial charge in [-0.1, -0.05) is 11.5 Å². The maximum absolute atomic E-state index is 12.0. The van der Waals surface area contributed by atoms with Crippen molar-refractivity contribution in [3.63, 3.8) is 0 Å². The highest BCUT2D eigenvalue weighted by molar-refractivity contribution is 6.38. The highest BCUT2D eigenvalue weighted by Gasteiger charge is 2.36. The zero-order valence-corrected chi connectivity index (χ0v) is 15.5. The van der Waals surface area contributed by atoms with Gasteiger partial charge >= 0.3 is 13.6 Å². The van der Waals surface area contributed by atoms with E-state index in [4.69, 9.17) is 9.39 Å². The lowest BCUT2D eigenvalue weighted by Crippen LogP contribution is -2.48. The Hall–Kier alpha value is -1.01. The van der Waals surface area contributed by atoms with E-state index < -0.39 is 16.8 Å². The second-order valence-corrected chi connectivity index (χ2v) is 7.51. The molecule has 1 amide bonds. The third-order valence-corrected chi connectivity index (χ3v) is 3.47. The normalized spacial score (nSPS) is 13.8. The molecule has 0 rings (SSSR count). The van der Waals surface area contributed by atoms with Crippen molar-refractivity contribution in [3.8, 4) is 0 Å². The fourth-order valence-corrected chi connectivity index (χ4v) is 1.24. The predicted molar refractivity (Wildman–Crippen MR) is 89.8 cm³/mol. The van der Waals surface area contributed by atoms with Crippen molar-refractivity contribution in [2.45, 2.75) is 72.2 Å². The van der Waals surface area contributed by atoms with Crippen molar-refractivity contribution in [2.24, 2.45) is 0 Å². The summed E-state index contributed by atoms with van der Waals surface area (Å²) in [4.78, 5) is 13.4. The number of aliphatic hydroxyl groups is 1. The molecule has 0 aliphatic heterocycles. The molecule has 0 aromatic rings. The third kappa shape index (κ3) is 7.32. The van der Waals surface area contributed by atoms with Crippen LogP contribution in [0.1, 0.15) is 55.4 Å². The smallest absolute Gasteiger partial charge is 0.410 e. The van der Waals surface area contributed by atoms with Crippen LogP contribution >= 0.6 is 0 Å². The van der Waals surface area contributed by atoms with Crippen LogP contribution in [0.2, 0.25) is 0 Å². The molecule has 22 heavy (non-hydrogen) atoms. The number of ether oxygens (including phenoxy) is 1. The average Bonchev–Trinajstić information content (AvgIpc) is 2.30. The number of rotatable bonds is 6. The SMILES string of the molecule is C/C=C(/[B]OC(C)(C)C(C)(C)O)CN(C)C(=O)OC(C)(C)C. The van der Waals surface area contributed by atoms with E-state index in [0.29, 0.717) is 6.54 Å². The van der Waals surface area contributed by atoms with Crippen molar-refractivity contribution in [1.29, 1.82) is 0 Å². The zero-order chi connectivity index (χ0) is 17.8. The summed E-state index contributed by atoms with van der Waals surface area (Å²) in [6, 6.07) is 0. The first-order valence-electron chi connectivity index (χ1n) is 7.52. The summed E-state index contributed by atoms with van der Waals surface area (Å²) in [5.74, 6) is 0. The Morgan fingerprint density at radius 1 is 1.18 bits per heavy atom. The van der Waals surface area contributed by atoms with Gasteiger partial charge in [0.05, 0.1) is 11.2 Å². The topological polar surface area (TPSA) is 59.0 Å². The molecule has 0 aliphatic rings. The monoisotopic (exact) mass is 312 g/mol. The van der Waals surface area contributed by atoms with E-state index in [-0.39, 0.29) is 6.09 Å². The van der Waals surface area contributed by atoms with Gasteiger partial charge < -0.3 is 19.4 Å². The quantitative estimate of drug-likeness (QED) is 0.766. The zero-order valence-electron chi connectivity index (χ0n) is 15.5. The Morgan fingerprint density at radius 2 is 1.68 bits per heavy atom. The van der Waals surface area contributed by atoms with Gasteiger partial charge in [-0.05, 0) is 55.4 Å². The Bertz CT molecular complexity index is 405. The molecule has 5 nitrogen and oxygen atoms in total. The van der Waals surface area contributed by atoms with E-state index in [2.05, 4.69) is 0 Å². The summed E-state index contributed by atoms with van der Waals surface area (Å²) in [5, 5.41) is 10.1. The van der Waals surface area contributed by atoms with Gasteiger partial charge in [-0.25, -0.2) is 4.79 Å². The van der Waals surface area contributed by atoms with Gasteiger partial charge in [0.15, 0.2) is 0 Å². The van der Waals surface area contributed by atoms with Crippen molar-refractivity contribution in [2.75, 3.05) is 13.6 Å². The number of likely N-dealkylation sites (N-methyl/N-ethyl adjacent to an activating group) is 1. The Morgan fingerprint density at radius 3 is 2.05 bits per heavy atom. The van der Waals surface area contributed by atoms with E-state index in [0.717, 1.165) is 5.47 Å². The van der Waals surface area contributed by atoms with Gasteiger partial charge in [-0.2, -0.15) is 0 Å². The van der Waals surface area contributed by atoms with Crippen molar-refractivity contribution < 1.29 is 19.3 Å². The molecular weight excluding hydrogens is 281 g/mol. The molecule has 0 aromatic carbocycles. The predicted octanol–water partition coefficient (Wildman–Crippen LogP) is 2.94. The number of amides is 1. The van der Waals surface area contributed by atoms with Gasteiger partial charge in [-0.3, -0.25) is 0 Å². The molecule has 127 valence electrons. The maximum atomic E-state index is 12.0. The van der Waals surface area contributed by atoms with Crippen LogP contribution in [0.4, 0.5) is 4.79 Å². The summed E-state index contributed by atoms with van der Waals surface area (Å²) in [7, 11) is 3.26. The van der Waals surface area contributed by atoms with Gasteiger partial charge in [0.25, 0.3) is 0 Å². The summed E-state index contributed by atoms with van der Waals surface area (Å²) in [5.41, 5.74) is -1.43. The molecule has 1 radical (unpaired) electrons. The number of hydrogen-bond donors (Lipinski definition) is 1. The number of carbonyl (C=O) groups excluding carboxylic acids is 1. The minimum atomic E-state index is -0.987. The molecule has 6 heteroatoms. The van der Waals surface area contributed by atoms with Crippen LogP contribution in [0.15, 0.2) is 11.5 Å². The first-order chi connectivity index (χ1) is 9.69. The van der Waals surface area contributed by atoms with Crippen LogP contribution in [0.5, 0.6) is 0 Å². The Kier molecular flexibility index (Phi) is 7.17. The molecule has 0 saturated heterocycles. The van der Waals surface area contributed by atoms with Gasteiger partial charge in [0.1, 0.15) is 5.60 Å². The number of carbonyl (C=O) groups is 1. The Balaban J connectivity index is 4.61. The fourth-order valence-electron chi connectivity index (χ4n) is 1.24. The fraction of sp³-hybridized carbons (Fsp3) is 0.812. The van der Waals surface area contributed by atoms with Crippen LogP contribution in [0.3, 0.4) is 0 Å². The van der Waals surface area contributed by atoms with E-state index in [1.54, 1.807) is 28.4 Å². The standard InChI is InChI=1S/C16H31BNO4/c1-10-12(17-22-16(7,8)15(5,6)20)11-18(9)13(19)21-14(2,3)4/h10,20H,11H2,1-9H3/b12-10+. The first kappa shape index (κ1) is 21.0. The molecule has 0 heterocycles. The molecule has 0 fully saturated rings. The van der Waals surface area contributed by atoms with Crippen LogP contribution in [0.25, 0.3) is 0 Å². The lowest BCUT2D eigenvalue weighted by molar-refractivity contribution is -0.0897. The average molecular weight is 312 g/mol. The van der Waals surface area contributed by atoms with Crippen LogP contribution < -0.4 is 0 Å². The first-order valence-corrected chi connectivity index (χ1v) is 7.52. The Labute approximate surface area is 135 Å². The summed E-state index contributed by atoms with van der Waals surface area (Å²) < 4.78 is 11.0. The summed E-state index contributed by atoms with van der Waals surface area (Å²) >= 11 is 0. The second-order valence-electron chi connectivity index (χ2n) is 7.51. The minimum absolute atomic E-state index is 0.368. The molecule has 0 saturated carbocycles. The molecule has 0 spiro atoms. The largest absolute Gasteiger partial charge is 0.444 e. The maximum Gasteiger partial charge on any atom is 0.410 e. The lowest BCUT2D eigenvalue weighted by atomic mass is 9.82. The van der Waals surface area contributed by atoms with Crippen LogP contribution in [0, 0.1) is 0 Å².